The molecule has 8 nitrogen and oxygen atoms in total. The first-order valence-electron chi connectivity index (χ1n) is 8.62. The summed E-state index contributed by atoms with van der Waals surface area (Å²) in [6, 6.07) is 0. The van der Waals surface area contributed by atoms with Gasteiger partial charge < -0.3 is 14.5 Å². The molecule has 1 unspecified atom stereocenters. The number of hydrogen-bond acceptors (Lipinski definition) is 6. The molecule has 25 heavy (non-hydrogen) atoms. The van der Waals surface area contributed by atoms with Gasteiger partial charge in [-0.1, -0.05) is 11.8 Å². The van der Waals surface area contributed by atoms with E-state index in [1.165, 1.54) is 11.8 Å². The Morgan fingerprint density at radius 1 is 1.40 bits per heavy atom. The van der Waals surface area contributed by atoms with E-state index < -0.39 is 5.41 Å². The average molecular weight is 367 g/mol. The lowest BCUT2D eigenvalue weighted by Crippen LogP contribution is -2.51. The van der Waals surface area contributed by atoms with Crippen LogP contribution in [0.2, 0.25) is 0 Å². The zero-order chi connectivity index (χ0) is 17.9. The van der Waals surface area contributed by atoms with Crippen molar-refractivity contribution in [1.82, 2.24) is 25.0 Å². The molecule has 2 amide bonds. The second-order valence-electron chi connectivity index (χ2n) is 6.73. The summed E-state index contributed by atoms with van der Waals surface area (Å²) < 4.78 is 5.10. The van der Waals surface area contributed by atoms with Gasteiger partial charge in [0, 0.05) is 33.3 Å². The summed E-state index contributed by atoms with van der Waals surface area (Å²) in [5.74, 6) is 1.27. The third kappa shape index (κ3) is 3.98. The van der Waals surface area contributed by atoms with Gasteiger partial charge in [0.15, 0.2) is 0 Å². The Bertz CT molecular complexity index is 637. The monoisotopic (exact) mass is 367 g/mol. The van der Waals surface area contributed by atoms with Crippen LogP contribution in [-0.4, -0.2) is 82.4 Å². The molecule has 0 radical (unpaired) electrons. The van der Waals surface area contributed by atoms with Crippen LogP contribution in [0.1, 0.15) is 25.1 Å². The third-order valence-electron chi connectivity index (χ3n) is 5.00. The van der Waals surface area contributed by atoms with Crippen LogP contribution in [0.3, 0.4) is 0 Å². The standard InChI is InChI=1S/C16H25N5O3S/c1-12-17-15(19-18-12)25-10-13(22)21-7-5-16(11-21)4-3-6-20(14(16)23)8-9-24-2/h3-11H2,1-2H3,(H,17,18,19). The van der Waals surface area contributed by atoms with Crippen LogP contribution in [0.4, 0.5) is 0 Å². The largest absolute Gasteiger partial charge is 0.383 e. The maximum atomic E-state index is 12.9. The fraction of sp³-hybridized carbons (Fsp3) is 0.750. The molecule has 2 aliphatic heterocycles. The van der Waals surface area contributed by atoms with E-state index in [4.69, 9.17) is 4.74 Å². The number of carbonyl (C=O) groups excluding carboxylic acids is 2. The van der Waals surface area contributed by atoms with Crippen LogP contribution in [0, 0.1) is 12.3 Å². The van der Waals surface area contributed by atoms with Crippen LogP contribution < -0.4 is 0 Å². The number of ether oxygens (including phenoxy) is 1. The molecular formula is C16H25N5O3S. The maximum Gasteiger partial charge on any atom is 0.233 e. The van der Waals surface area contributed by atoms with Crippen molar-refractivity contribution in [2.24, 2.45) is 5.41 Å². The number of piperidine rings is 1. The van der Waals surface area contributed by atoms with Crippen LogP contribution in [-0.2, 0) is 14.3 Å². The number of aromatic nitrogens is 3. The number of thioether (sulfide) groups is 1. The quantitative estimate of drug-likeness (QED) is 0.744. The Hall–Kier alpha value is -1.61. The minimum atomic E-state index is -0.395. The molecule has 1 aromatic rings. The Kier molecular flexibility index (Phi) is 5.63. The number of hydrogen-bond donors (Lipinski definition) is 1. The molecule has 0 aliphatic carbocycles. The molecule has 1 atom stereocenters. The Labute approximate surface area is 151 Å². The van der Waals surface area contributed by atoms with Gasteiger partial charge in [0.2, 0.25) is 17.0 Å². The van der Waals surface area contributed by atoms with Gasteiger partial charge in [-0.3, -0.25) is 14.7 Å². The van der Waals surface area contributed by atoms with Gasteiger partial charge in [-0.15, -0.1) is 5.10 Å². The van der Waals surface area contributed by atoms with Crippen LogP contribution in [0.15, 0.2) is 5.16 Å². The third-order valence-corrected chi connectivity index (χ3v) is 5.83. The number of methoxy groups -OCH3 is 1. The normalized spacial score (nSPS) is 23.7. The van der Waals surface area contributed by atoms with E-state index in [1.807, 2.05) is 16.7 Å². The predicted octanol–water partition coefficient (Wildman–Crippen LogP) is 0.693. The van der Waals surface area contributed by atoms with Crippen molar-refractivity contribution < 1.29 is 14.3 Å². The highest BCUT2D eigenvalue weighted by molar-refractivity contribution is 7.99. The van der Waals surface area contributed by atoms with E-state index in [2.05, 4.69) is 15.2 Å². The first kappa shape index (κ1) is 18.2. The predicted molar refractivity (Wildman–Crippen MR) is 93.2 cm³/mol. The van der Waals surface area contributed by atoms with E-state index >= 15 is 0 Å². The summed E-state index contributed by atoms with van der Waals surface area (Å²) in [7, 11) is 1.65. The maximum absolute atomic E-state index is 12.9. The first-order chi connectivity index (χ1) is 12.0. The molecule has 2 saturated heterocycles. The number of amides is 2. The van der Waals surface area contributed by atoms with Crippen molar-refractivity contribution in [3.05, 3.63) is 5.82 Å². The van der Waals surface area contributed by atoms with Crippen LogP contribution in [0.5, 0.6) is 0 Å². The molecule has 0 saturated carbocycles. The van der Waals surface area contributed by atoms with E-state index in [0.29, 0.717) is 37.2 Å². The Morgan fingerprint density at radius 3 is 2.96 bits per heavy atom. The topological polar surface area (TPSA) is 91.4 Å². The smallest absolute Gasteiger partial charge is 0.233 e. The van der Waals surface area contributed by atoms with Crippen LogP contribution >= 0.6 is 11.8 Å². The fourth-order valence-corrected chi connectivity index (χ4v) is 4.38. The van der Waals surface area contributed by atoms with Gasteiger partial charge in [0.25, 0.3) is 0 Å². The second-order valence-corrected chi connectivity index (χ2v) is 7.67. The van der Waals surface area contributed by atoms with Crippen molar-refractivity contribution in [1.29, 1.82) is 0 Å². The minimum absolute atomic E-state index is 0.0474. The molecule has 2 aliphatic rings. The average Bonchev–Trinajstić information content (AvgIpc) is 3.21. The highest BCUT2D eigenvalue weighted by atomic mass is 32.2. The molecule has 1 N–H and O–H groups in total. The number of nitrogens with zero attached hydrogens (tertiary/aromatic N) is 4. The summed E-state index contributed by atoms with van der Waals surface area (Å²) in [5, 5.41) is 7.38. The number of carbonyl (C=O) groups is 2. The Balaban J connectivity index is 1.56. The number of rotatable bonds is 6. The van der Waals surface area contributed by atoms with Gasteiger partial charge in [-0.25, -0.2) is 4.98 Å². The van der Waals surface area contributed by atoms with Crippen molar-refractivity contribution in [2.75, 3.05) is 45.6 Å². The van der Waals surface area contributed by atoms with Gasteiger partial charge in [-0.05, 0) is 26.2 Å². The first-order valence-corrected chi connectivity index (χ1v) is 9.60. The zero-order valence-corrected chi connectivity index (χ0v) is 15.6. The molecule has 9 heteroatoms. The zero-order valence-electron chi connectivity index (χ0n) is 14.8. The molecule has 3 heterocycles. The highest BCUT2D eigenvalue weighted by Crippen LogP contribution is 2.40. The number of aromatic amines is 1. The Morgan fingerprint density at radius 2 is 2.24 bits per heavy atom. The van der Waals surface area contributed by atoms with E-state index in [9.17, 15) is 9.59 Å². The second kappa shape index (κ2) is 7.74. The number of H-pyrrole nitrogens is 1. The molecule has 0 aromatic carbocycles. The van der Waals surface area contributed by atoms with Crippen molar-refractivity contribution in [2.45, 2.75) is 31.3 Å². The highest BCUT2D eigenvalue weighted by Gasteiger charge is 2.49. The van der Waals surface area contributed by atoms with Crippen molar-refractivity contribution >= 4 is 23.6 Å². The lowest BCUT2D eigenvalue weighted by Gasteiger charge is -2.39. The molecular weight excluding hydrogens is 342 g/mol. The van der Waals surface area contributed by atoms with Crippen LogP contribution in [0.25, 0.3) is 0 Å². The van der Waals surface area contributed by atoms with Gasteiger partial charge in [0.05, 0.1) is 17.8 Å². The van der Waals surface area contributed by atoms with Crippen molar-refractivity contribution in [3.8, 4) is 0 Å². The van der Waals surface area contributed by atoms with Gasteiger partial charge in [0.1, 0.15) is 5.82 Å². The fourth-order valence-electron chi connectivity index (χ4n) is 3.64. The van der Waals surface area contributed by atoms with Gasteiger partial charge in [-0.2, -0.15) is 0 Å². The van der Waals surface area contributed by atoms with Crippen molar-refractivity contribution in [3.63, 3.8) is 0 Å². The molecule has 1 spiro atoms. The SMILES string of the molecule is COCCN1CCCC2(CCN(C(=O)CSc3n[nH]c(C)n3)C2)C1=O. The molecule has 3 rings (SSSR count). The number of aryl methyl sites for hydroxylation is 1. The number of likely N-dealkylation sites (tertiary alicyclic amines) is 2. The number of nitrogens with one attached hydrogen (secondary N) is 1. The lowest BCUT2D eigenvalue weighted by molar-refractivity contribution is -0.146. The molecule has 1 aromatic heterocycles. The molecule has 0 bridgehead atoms. The summed E-state index contributed by atoms with van der Waals surface area (Å²) in [5.41, 5.74) is -0.395. The summed E-state index contributed by atoms with van der Waals surface area (Å²) in [6.07, 6.45) is 2.61. The molecule has 138 valence electrons. The van der Waals surface area contributed by atoms with E-state index in [1.54, 1.807) is 7.11 Å². The molecule has 2 fully saturated rings. The minimum Gasteiger partial charge on any atom is -0.383 e. The van der Waals surface area contributed by atoms with E-state index in [-0.39, 0.29) is 11.8 Å². The van der Waals surface area contributed by atoms with Gasteiger partial charge >= 0.3 is 0 Å². The summed E-state index contributed by atoms with van der Waals surface area (Å²) in [4.78, 5) is 33.3. The lowest BCUT2D eigenvalue weighted by atomic mass is 9.78. The summed E-state index contributed by atoms with van der Waals surface area (Å²) in [6.45, 7) is 4.98. The summed E-state index contributed by atoms with van der Waals surface area (Å²) >= 11 is 1.33. The van der Waals surface area contributed by atoms with E-state index in [0.717, 1.165) is 31.6 Å².